The van der Waals surface area contributed by atoms with Crippen molar-refractivity contribution in [3.8, 4) is 22.8 Å². The van der Waals surface area contributed by atoms with Crippen LogP contribution in [0.25, 0.3) is 22.3 Å². The number of para-hydroxylation sites is 1. The van der Waals surface area contributed by atoms with Crippen LogP contribution in [0.2, 0.25) is 0 Å². The van der Waals surface area contributed by atoms with Crippen LogP contribution in [0, 0.1) is 0 Å². The second-order valence-electron chi connectivity index (χ2n) is 9.31. The summed E-state index contributed by atoms with van der Waals surface area (Å²) in [4.78, 5) is 21.2. The van der Waals surface area contributed by atoms with Gasteiger partial charge in [-0.1, -0.05) is 24.8 Å². The summed E-state index contributed by atoms with van der Waals surface area (Å²) in [6, 6.07) is 17.8. The summed E-state index contributed by atoms with van der Waals surface area (Å²) in [7, 11) is 0. The molecule has 1 aliphatic carbocycles. The van der Waals surface area contributed by atoms with E-state index in [2.05, 4.69) is 21.9 Å². The van der Waals surface area contributed by atoms with Gasteiger partial charge in [-0.05, 0) is 68.2 Å². The highest BCUT2D eigenvalue weighted by molar-refractivity contribution is 5.99. The number of nitrogen functional groups attached to an aromatic ring is 1. The maximum Gasteiger partial charge on any atom is 0.175 e. The molecule has 0 amide bonds. The number of fused-ring (bicyclic) bond motifs is 4. The minimum Gasteiger partial charge on any atom is -0.457 e. The summed E-state index contributed by atoms with van der Waals surface area (Å²) >= 11 is 0. The highest BCUT2D eigenvalue weighted by atomic mass is 16.5. The van der Waals surface area contributed by atoms with Gasteiger partial charge in [0.2, 0.25) is 0 Å². The van der Waals surface area contributed by atoms with Gasteiger partial charge in [0.05, 0.1) is 17.0 Å². The first-order valence-corrected chi connectivity index (χ1v) is 11.8. The fourth-order valence-corrected chi connectivity index (χ4v) is 5.44. The van der Waals surface area contributed by atoms with Crippen LogP contribution >= 0.6 is 0 Å². The molecular weight excluding hydrogens is 440 g/mol. The lowest BCUT2D eigenvalue weighted by atomic mass is 9.77. The first-order chi connectivity index (χ1) is 17.1. The Morgan fingerprint density at radius 1 is 1.14 bits per heavy atom. The largest absolute Gasteiger partial charge is 0.457 e. The number of nitrogens with two attached hydrogens (primary N) is 1. The van der Waals surface area contributed by atoms with Crippen LogP contribution in [0.3, 0.4) is 0 Å². The van der Waals surface area contributed by atoms with Gasteiger partial charge >= 0.3 is 0 Å². The summed E-state index contributed by atoms with van der Waals surface area (Å²) in [6.07, 6.45) is 6.17. The van der Waals surface area contributed by atoms with Crippen LogP contribution in [0.15, 0.2) is 73.6 Å². The first kappa shape index (κ1) is 21.5. The van der Waals surface area contributed by atoms with Crippen molar-refractivity contribution >= 4 is 22.6 Å². The first-order valence-electron chi connectivity index (χ1n) is 11.8. The third-order valence-electron chi connectivity index (χ3n) is 7.16. The second-order valence-corrected chi connectivity index (χ2v) is 9.31. The molecule has 2 bridgehead atoms. The topological polar surface area (TPSA) is 108 Å². The molecule has 35 heavy (non-hydrogen) atoms. The van der Waals surface area contributed by atoms with E-state index in [1.165, 1.54) is 12.4 Å². The molecular formula is C27H26N6O2. The molecule has 0 spiro atoms. The third kappa shape index (κ3) is 3.66. The lowest BCUT2D eigenvalue weighted by Crippen LogP contribution is -2.66. The number of carbonyl (C=O) groups is 1. The molecule has 3 atom stereocenters. The van der Waals surface area contributed by atoms with Crippen LogP contribution < -0.4 is 15.8 Å². The van der Waals surface area contributed by atoms with Crippen LogP contribution in [-0.2, 0) is 4.79 Å². The van der Waals surface area contributed by atoms with Gasteiger partial charge in [-0.3, -0.25) is 4.79 Å². The zero-order chi connectivity index (χ0) is 24.0. The van der Waals surface area contributed by atoms with Gasteiger partial charge in [0, 0.05) is 11.6 Å². The van der Waals surface area contributed by atoms with E-state index >= 15 is 0 Å². The number of nitrogens with zero attached hydrogens (tertiary/aromatic N) is 4. The normalized spacial score (nSPS) is 23.3. The smallest absolute Gasteiger partial charge is 0.175 e. The van der Waals surface area contributed by atoms with E-state index in [1.54, 1.807) is 0 Å². The molecule has 3 fully saturated rings. The van der Waals surface area contributed by atoms with Gasteiger partial charge < -0.3 is 15.8 Å². The number of hydrogen-bond donors (Lipinski definition) is 2. The van der Waals surface area contributed by atoms with E-state index in [4.69, 9.17) is 15.6 Å². The fraction of sp³-hybridized carbons (Fsp3) is 0.259. The Hall–Kier alpha value is -4.04. The van der Waals surface area contributed by atoms with Crippen molar-refractivity contribution in [2.45, 2.75) is 43.3 Å². The molecule has 3 aliphatic rings. The van der Waals surface area contributed by atoms with Crippen molar-refractivity contribution in [2.75, 3.05) is 5.73 Å². The van der Waals surface area contributed by atoms with Crippen LogP contribution in [0.1, 0.15) is 31.7 Å². The van der Waals surface area contributed by atoms with E-state index in [-0.39, 0.29) is 17.9 Å². The molecule has 8 nitrogen and oxygen atoms in total. The number of benzene rings is 2. The third-order valence-corrected chi connectivity index (χ3v) is 7.16. The Balaban J connectivity index is 1.34. The molecule has 1 saturated carbocycles. The summed E-state index contributed by atoms with van der Waals surface area (Å²) in [5, 5.41) is 9.24. The van der Waals surface area contributed by atoms with Crippen molar-refractivity contribution in [1.82, 2.24) is 25.1 Å². The lowest BCUT2D eigenvalue weighted by Gasteiger charge is -2.45. The molecule has 4 heterocycles. The average Bonchev–Trinajstić information content (AvgIpc) is 3.02. The van der Waals surface area contributed by atoms with Gasteiger partial charge in [0.1, 0.15) is 29.3 Å². The zero-order valence-corrected chi connectivity index (χ0v) is 19.2. The van der Waals surface area contributed by atoms with Crippen LogP contribution in [0.5, 0.6) is 11.5 Å². The quantitative estimate of drug-likeness (QED) is 0.404. The van der Waals surface area contributed by atoms with Gasteiger partial charge in [-0.25, -0.2) is 14.6 Å². The number of nitrogens with one attached hydrogen (secondary N) is 1. The van der Waals surface area contributed by atoms with Crippen molar-refractivity contribution in [3.05, 3.63) is 73.6 Å². The van der Waals surface area contributed by atoms with Crippen LogP contribution in [-0.4, -0.2) is 37.1 Å². The van der Waals surface area contributed by atoms with Gasteiger partial charge in [-0.2, -0.15) is 5.10 Å². The number of aromatic nitrogens is 4. The number of carbonyl (C=O) groups excluding carboxylic acids is 1. The Labute approximate surface area is 202 Å². The molecule has 2 aromatic heterocycles. The molecule has 176 valence electrons. The summed E-state index contributed by atoms with van der Waals surface area (Å²) in [5.41, 5.74) is 8.20. The Morgan fingerprint density at radius 3 is 2.63 bits per heavy atom. The number of hydrogen-bond acceptors (Lipinski definition) is 7. The predicted molar refractivity (Wildman–Crippen MR) is 134 cm³/mol. The van der Waals surface area contributed by atoms with E-state index in [1.807, 2.05) is 59.3 Å². The molecule has 2 aromatic carbocycles. The standard InChI is InChI=1S/C27H26N6O2/c1-2-22(34)27-13-12-19(14-18(15-27)31-27)33-26-23(25(28)29-16-30-26)24(32-33)17-8-10-21(11-9-17)35-20-6-4-3-5-7-20/h2-11,16,18-19,31H,1,12-15H2,(H2,28,29,30). The lowest BCUT2D eigenvalue weighted by molar-refractivity contribution is -0.125. The monoisotopic (exact) mass is 466 g/mol. The molecule has 2 aliphatic heterocycles. The molecule has 7 rings (SSSR count). The van der Waals surface area contributed by atoms with Crippen LogP contribution in [0.4, 0.5) is 5.82 Å². The maximum atomic E-state index is 12.5. The number of rotatable bonds is 6. The number of ether oxygens (including phenoxy) is 1. The van der Waals surface area contributed by atoms with Gasteiger partial charge in [0.15, 0.2) is 11.4 Å². The predicted octanol–water partition coefficient (Wildman–Crippen LogP) is 4.45. The van der Waals surface area contributed by atoms with Crippen molar-refractivity contribution in [1.29, 1.82) is 0 Å². The van der Waals surface area contributed by atoms with E-state index in [0.29, 0.717) is 11.5 Å². The van der Waals surface area contributed by atoms with Gasteiger partial charge in [0.25, 0.3) is 0 Å². The summed E-state index contributed by atoms with van der Waals surface area (Å²) in [5.74, 6) is 1.99. The maximum absolute atomic E-state index is 12.5. The van der Waals surface area contributed by atoms with Crippen molar-refractivity contribution < 1.29 is 9.53 Å². The molecule has 4 aromatic rings. The van der Waals surface area contributed by atoms with E-state index < -0.39 is 5.54 Å². The minimum absolute atomic E-state index is 0.0739. The Morgan fingerprint density at radius 2 is 1.89 bits per heavy atom. The molecule has 3 unspecified atom stereocenters. The molecule has 8 heteroatoms. The van der Waals surface area contributed by atoms with Gasteiger partial charge in [-0.15, -0.1) is 0 Å². The summed E-state index contributed by atoms with van der Waals surface area (Å²) in [6.45, 7) is 3.68. The van der Waals surface area contributed by atoms with E-state index in [9.17, 15) is 4.79 Å². The Kier molecular flexibility index (Phi) is 5.11. The highest BCUT2D eigenvalue weighted by Gasteiger charge is 2.51. The van der Waals surface area contributed by atoms with Crippen molar-refractivity contribution in [3.63, 3.8) is 0 Å². The SMILES string of the molecule is C=CC(=O)C12CCC(n3nc(-c4ccc(Oc5ccccc5)cc4)c4c(N)ncnc43)CC(C1)N2. The minimum atomic E-state index is -0.477. The highest BCUT2D eigenvalue weighted by Crippen LogP contribution is 2.43. The zero-order valence-electron chi connectivity index (χ0n) is 19.2. The molecule has 3 N–H and O–H groups in total. The molecule has 0 radical (unpaired) electrons. The molecule has 2 saturated heterocycles. The van der Waals surface area contributed by atoms with Crippen molar-refractivity contribution in [2.24, 2.45) is 0 Å². The Bertz CT molecular complexity index is 1410. The fourth-order valence-electron chi connectivity index (χ4n) is 5.44. The number of anilines is 1. The second kappa shape index (κ2) is 8.32. The summed E-state index contributed by atoms with van der Waals surface area (Å²) < 4.78 is 7.91. The number of ketones is 1. The van der Waals surface area contributed by atoms with E-state index in [0.717, 1.165) is 53.8 Å². The average molecular weight is 467 g/mol.